The molecule has 0 bridgehead atoms. The number of amides is 2. The molecule has 0 saturated heterocycles. The summed E-state index contributed by atoms with van der Waals surface area (Å²) in [6, 6.07) is 19.1. The molecule has 5 rings (SSSR count). The molecular weight excluding hydrogens is 516 g/mol. The standard InChI is InChI=1S/C33H42N4O2S/c1-3-4-18-36(2)30-17-12-26(21-29(30)35-32(38)24-10-11-24)25-8-5-7-23(20-25)22-37(28-15-13-27(34)14-16-28)33(39)31-9-6-19-40-31/h5-9,12,17,19-21,24,27-28H,3-4,10-11,13-16,18,22,34H2,1-2H3,(H,35,38). The number of rotatable bonds is 11. The minimum Gasteiger partial charge on any atom is -0.373 e. The summed E-state index contributed by atoms with van der Waals surface area (Å²) in [6.45, 7) is 3.70. The molecule has 2 aliphatic rings. The van der Waals surface area contributed by atoms with Gasteiger partial charge in [0.2, 0.25) is 5.91 Å². The zero-order valence-electron chi connectivity index (χ0n) is 23.8. The van der Waals surface area contributed by atoms with E-state index in [2.05, 4.69) is 71.6 Å². The molecule has 1 heterocycles. The molecule has 3 aromatic rings. The molecule has 0 atom stereocenters. The molecule has 1 aromatic heterocycles. The lowest BCUT2D eigenvalue weighted by atomic mass is 9.90. The van der Waals surface area contributed by atoms with Gasteiger partial charge in [0.1, 0.15) is 0 Å². The van der Waals surface area contributed by atoms with Crippen LogP contribution in [-0.4, -0.2) is 42.4 Å². The zero-order chi connectivity index (χ0) is 28.1. The zero-order valence-corrected chi connectivity index (χ0v) is 24.6. The van der Waals surface area contributed by atoms with Gasteiger partial charge in [-0.05, 0) is 91.3 Å². The van der Waals surface area contributed by atoms with Crippen LogP contribution >= 0.6 is 11.3 Å². The Balaban J connectivity index is 1.41. The predicted molar refractivity (Wildman–Crippen MR) is 166 cm³/mol. The van der Waals surface area contributed by atoms with Gasteiger partial charge in [-0.1, -0.05) is 43.7 Å². The number of hydrogen-bond donors (Lipinski definition) is 2. The fourth-order valence-electron chi connectivity index (χ4n) is 5.61. The van der Waals surface area contributed by atoms with Gasteiger partial charge in [-0.3, -0.25) is 9.59 Å². The average Bonchev–Trinajstić information content (AvgIpc) is 3.69. The Morgan fingerprint density at radius 1 is 0.975 bits per heavy atom. The van der Waals surface area contributed by atoms with E-state index in [9.17, 15) is 9.59 Å². The molecule has 3 N–H and O–H groups in total. The van der Waals surface area contributed by atoms with Gasteiger partial charge in [0.15, 0.2) is 0 Å². The van der Waals surface area contributed by atoms with Crippen molar-refractivity contribution in [3.8, 4) is 11.1 Å². The van der Waals surface area contributed by atoms with Crippen molar-refractivity contribution in [1.82, 2.24) is 4.90 Å². The first-order chi connectivity index (χ1) is 19.4. The molecule has 6 nitrogen and oxygen atoms in total. The summed E-state index contributed by atoms with van der Waals surface area (Å²) < 4.78 is 0. The average molecular weight is 559 g/mol. The first kappa shape index (κ1) is 28.4. The van der Waals surface area contributed by atoms with Crippen LogP contribution in [0.15, 0.2) is 60.0 Å². The number of carbonyl (C=O) groups excluding carboxylic acids is 2. The summed E-state index contributed by atoms with van der Waals surface area (Å²) in [5.74, 6) is 0.360. The lowest BCUT2D eigenvalue weighted by Gasteiger charge is -2.36. The van der Waals surface area contributed by atoms with E-state index in [1.165, 1.54) is 11.3 Å². The van der Waals surface area contributed by atoms with Crippen LogP contribution in [0, 0.1) is 5.92 Å². The highest BCUT2D eigenvalue weighted by atomic mass is 32.1. The number of nitrogens with one attached hydrogen (secondary N) is 1. The molecule has 212 valence electrons. The predicted octanol–water partition coefficient (Wildman–Crippen LogP) is 6.91. The maximum atomic E-state index is 13.6. The van der Waals surface area contributed by atoms with Gasteiger partial charge in [0.25, 0.3) is 5.91 Å². The maximum absolute atomic E-state index is 13.6. The van der Waals surface area contributed by atoms with Crippen molar-refractivity contribution in [3.05, 3.63) is 70.4 Å². The number of anilines is 2. The topological polar surface area (TPSA) is 78.7 Å². The SMILES string of the molecule is CCCCN(C)c1ccc(-c2cccc(CN(C(=O)c3cccs3)C3CCC(N)CC3)c2)cc1NC(=O)C1CC1. The molecule has 0 aliphatic heterocycles. The molecule has 2 fully saturated rings. The van der Waals surface area contributed by atoms with E-state index < -0.39 is 0 Å². The highest BCUT2D eigenvalue weighted by molar-refractivity contribution is 7.12. The highest BCUT2D eigenvalue weighted by Crippen LogP contribution is 2.35. The third-order valence-electron chi connectivity index (χ3n) is 8.25. The Morgan fingerprint density at radius 2 is 1.75 bits per heavy atom. The van der Waals surface area contributed by atoms with E-state index in [0.29, 0.717) is 6.54 Å². The van der Waals surface area contributed by atoms with Crippen molar-refractivity contribution in [2.24, 2.45) is 11.7 Å². The summed E-state index contributed by atoms with van der Waals surface area (Å²) >= 11 is 1.50. The van der Waals surface area contributed by atoms with Crippen LogP contribution in [0.4, 0.5) is 11.4 Å². The van der Waals surface area contributed by atoms with Crippen LogP contribution in [0.2, 0.25) is 0 Å². The molecule has 2 amide bonds. The van der Waals surface area contributed by atoms with Crippen LogP contribution in [0.5, 0.6) is 0 Å². The van der Waals surface area contributed by atoms with E-state index >= 15 is 0 Å². The van der Waals surface area contributed by atoms with Gasteiger partial charge >= 0.3 is 0 Å². The molecule has 0 spiro atoms. The van der Waals surface area contributed by atoms with Gasteiger partial charge in [-0.2, -0.15) is 0 Å². The monoisotopic (exact) mass is 558 g/mol. The lowest BCUT2D eigenvalue weighted by Crippen LogP contribution is -2.43. The molecule has 2 saturated carbocycles. The van der Waals surface area contributed by atoms with E-state index in [-0.39, 0.29) is 29.8 Å². The van der Waals surface area contributed by atoms with Crippen molar-refractivity contribution in [2.75, 3.05) is 23.8 Å². The van der Waals surface area contributed by atoms with Crippen molar-refractivity contribution in [1.29, 1.82) is 0 Å². The van der Waals surface area contributed by atoms with E-state index in [0.717, 1.165) is 90.9 Å². The van der Waals surface area contributed by atoms with Crippen LogP contribution in [0.3, 0.4) is 0 Å². The van der Waals surface area contributed by atoms with Gasteiger partial charge in [0.05, 0.1) is 16.3 Å². The molecular formula is C33H42N4O2S. The fraction of sp³-hybridized carbons (Fsp3) is 0.455. The second kappa shape index (κ2) is 13.0. The number of carbonyl (C=O) groups is 2. The highest BCUT2D eigenvalue weighted by Gasteiger charge is 2.31. The van der Waals surface area contributed by atoms with Gasteiger partial charge in [-0.25, -0.2) is 0 Å². The third-order valence-corrected chi connectivity index (χ3v) is 9.11. The molecule has 40 heavy (non-hydrogen) atoms. The van der Waals surface area contributed by atoms with Crippen molar-refractivity contribution < 1.29 is 9.59 Å². The van der Waals surface area contributed by atoms with Crippen LogP contribution < -0.4 is 16.0 Å². The first-order valence-corrected chi connectivity index (χ1v) is 15.7. The minimum atomic E-state index is 0.102. The largest absolute Gasteiger partial charge is 0.373 e. The first-order valence-electron chi connectivity index (χ1n) is 14.8. The van der Waals surface area contributed by atoms with Gasteiger partial charge < -0.3 is 20.9 Å². The third kappa shape index (κ3) is 6.94. The summed E-state index contributed by atoms with van der Waals surface area (Å²) in [5.41, 5.74) is 11.3. The Labute approximate surface area is 242 Å². The number of nitrogens with two attached hydrogens (primary N) is 1. The van der Waals surface area contributed by atoms with E-state index in [1.807, 2.05) is 17.5 Å². The Bertz CT molecular complexity index is 1300. The molecule has 2 aliphatic carbocycles. The van der Waals surface area contributed by atoms with Gasteiger partial charge in [0, 0.05) is 38.1 Å². The smallest absolute Gasteiger partial charge is 0.264 e. The van der Waals surface area contributed by atoms with Crippen molar-refractivity contribution >= 4 is 34.5 Å². The van der Waals surface area contributed by atoms with Crippen LogP contribution in [0.25, 0.3) is 11.1 Å². The minimum absolute atomic E-state index is 0.102. The van der Waals surface area contributed by atoms with Crippen molar-refractivity contribution in [2.45, 2.75) is 76.9 Å². The summed E-state index contributed by atoms with van der Waals surface area (Å²) in [5, 5.41) is 5.19. The Hall–Kier alpha value is -3.16. The Morgan fingerprint density at radius 3 is 2.45 bits per heavy atom. The van der Waals surface area contributed by atoms with Gasteiger partial charge in [-0.15, -0.1) is 11.3 Å². The van der Waals surface area contributed by atoms with E-state index in [4.69, 9.17) is 5.73 Å². The lowest BCUT2D eigenvalue weighted by molar-refractivity contribution is -0.117. The maximum Gasteiger partial charge on any atom is 0.264 e. The van der Waals surface area contributed by atoms with E-state index in [1.54, 1.807) is 0 Å². The quantitative estimate of drug-likeness (QED) is 0.268. The second-order valence-electron chi connectivity index (χ2n) is 11.4. The number of hydrogen-bond acceptors (Lipinski definition) is 5. The fourth-order valence-corrected chi connectivity index (χ4v) is 6.29. The number of unbranched alkanes of at least 4 members (excludes halogenated alkanes) is 1. The number of thiophene rings is 1. The molecule has 7 heteroatoms. The molecule has 0 unspecified atom stereocenters. The van der Waals surface area contributed by atoms with Crippen LogP contribution in [0.1, 0.15) is 73.5 Å². The molecule has 2 aromatic carbocycles. The summed E-state index contributed by atoms with van der Waals surface area (Å²) in [7, 11) is 2.09. The summed E-state index contributed by atoms with van der Waals surface area (Å²) in [6.07, 6.45) is 7.96. The summed E-state index contributed by atoms with van der Waals surface area (Å²) in [4.78, 5) is 31.4. The number of benzene rings is 2. The molecule has 0 radical (unpaired) electrons. The van der Waals surface area contributed by atoms with Crippen LogP contribution in [-0.2, 0) is 11.3 Å². The Kier molecular flexibility index (Phi) is 9.22. The second-order valence-corrected chi connectivity index (χ2v) is 12.4. The normalized spacial score (nSPS) is 18.8. The van der Waals surface area contributed by atoms with Crippen molar-refractivity contribution in [3.63, 3.8) is 0 Å². The number of nitrogens with zero attached hydrogens (tertiary/aromatic N) is 2.